The molecule has 0 aliphatic heterocycles. The third kappa shape index (κ3) is 5.51. The molecule has 2 rings (SSSR count). The summed E-state index contributed by atoms with van der Waals surface area (Å²) in [4.78, 5) is 12.4. The van der Waals surface area contributed by atoms with Gasteiger partial charge >= 0.3 is 0 Å². The molecule has 0 bridgehead atoms. The first kappa shape index (κ1) is 20.4. The first-order chi connectivity index (χ1) is 13.1. The van der Waals surface area contributed by atoms with E-state index in [1.165, 1.54) is 6.08 Å². The largest absolute Gasteiger partial charge is 0.493 e. The molecule has 0 radical (unpaired) electrons. The number of amides is 1. The normalized spacial score (nSPS) is 11.9. The SMILES string of the molecule is CCC[C@@H](NC(=O)/C=C/c1cc(OC)c(OC)c(OC)c1)c1ccccc1. The fourth-order valence-corrected chi connectivity index (χ4v) is 2.89. The van der Waals surface area contributed by atoms with Gasteiger partial charge in [0.25, 0.3) is 0 Å². The molecule has 0 saturated carbocycles. The fourth-order valence-electron chi connectivity index (χ4n) is 2.89. The lowest BCUT2D eigenvalue weighted by Crippen LogP contribution is -2.26. The van der Waals surface area contributed by atoms with Gasteiger partial charge in [-0.15, -0.1) is 0 Å². The van der Waals surface area contributed by atoms with E-state index in [-0.39, 0.29) is 11.9 Å². The van der Waals surface area contributed by atoms with Gasteiger partial charge in [0.1, 0.15) is 0 Å². The molecule has 1 N–H and O–H groups in total. The van der Waals surface area contributed by atoms with Crippen LogP contribution in [0.3, 0.4) is 0 Å². The molecule has 5 nitrogen and oxygen atoms in total. The number of carbonyl (C=O) groups is 1. The van der Waals surface area contributed by atoms with Crippen LogP contribution in [0.1, 0.15) is 36.9 Å². The summed E-state index contributed by atoms with van der Waals surface area (Å²) in [7, 11) is 4.68. The van der Waals surface area contributed by atoms with E-state index in [1.807, 2.05) is 30.3 Å². The van der Waals surface area contributed by atoms with Gasteiger partial charge in [0.15, 0.2) is 11.5 Å². The van der Waals surface area contributed by atoms with Gasteiger partial charge in [0.05, 0.1) is 27.4 Å². The Morgan fingerprint density at radius 1 is 1.04 bits per heavy atom. The maximum atomic E-state index is 12.4. The molecule has 0 spiro atoms. The summed E-state index contributed by atoms with van der Waals surface area (Å²) in [6.07, 6.45) is 5.12. The summed E-state index contributed by atoms with van der Waals surface area (Å²) >= 11 is 0. The van der Waals surface area contributed by atoms with Gasteiger partial charge in [-0.05, 0) is 35.8 Å². The highest BCUT2D eigenvalue weighted by Crippen LogP contribution is 2.38. The first-order valence-corrected chi connectivity index (χ1v) is 8.96. The minimum absolute atomic E-state index is 0.00621. The number of carbonyl (C=O) groups excluding carboxylic acids is 1. The molecule has 0 unspecified atom stereocenters. The van der Waals surface area contributed by atoms with Gasteiger partial charge < -0.3 is 19.5 Å². The summed E-state index contributed by atoms with van der Waals surface area (Å²) in [5, 5.41) is 3.07. The van der Waals surface area contributed by atoms with Crippen LogP contribution in [0, 0.1) is 0 Å². The molecule has 0 saturated heterocycles. The van der Waals surface area contributed by atoms with E-state index >= 15 is 0 Å². The van der Waals surface area contributed by atoms with Crippen molar-refractivity contribution >= 4 is 12.0 Å². The Morgan fingerprint density at radius 3 is 2.19 bits per heavy atom. The molecule has 27 heavy (non-hydrogen) atoms. The van der Waals surface area contributed by atoms with E-state index in [0.717, 1.165) is 24.0 Å². The summed E-state index contributed by atoms with van der Waals surface area (Å²) in [5.74, 6) is 1.47. The average Bonchev–Trinajstić information content (AvgIpc) is 2.71. The molecule has 5 heteroatoms. The third-order valence-corrected chi connectivity index (χ3v) is 4.21. The van der Waals surface area contributed by atoms with Crippen molar-refractivity contribution in [1.82, 2.24) is 5.32 Å². The Bertz CT molecular complexity index is 746. The van der Waals surface area contributed by atoms with Gasteiger partial charge in [0, 0.05) is 6.08 Å². The van der Waals surface area contributed by atoms with Crippen molar-refractivity contribution in [2.75, 3.05) is 21.3 Å². The van der Waals surface area contributed by atoms with Crippen molar-refractivity contribution in [3.05, 3.63) is 59.7 Å². The molecule has 0 aliphatic carbocycles. The van der Waals surface area contributed by atoms with Gasteiger partial charge in [0.2, 0.25) is 11.7 Å². The predicted octanol–water partition coefficient (Wildman–Crippen LogP) is 4.38. The van der Waals surface area contributed by atoms with E-state index in [4.69, 9.17) is 14.2 Å². The van der Waals surface area contributed by atoms with E-state index in [0.29, 0.717) is 17.2 Å². The van der Waals surface area contributed by atoms with Crippen LogP contribution in [0.2, 0.25) is 0 Å². The highest BCUT2D eigenvalue weighted by Gasteiger charge is 2.14. The lowest BCUT2D eigenvalue weighted by atomic mass is 10.0. The highest BCUT2D eigenvalue weighted by atomic mass is 16.5. The Balaban J connectivity index is 2.15. The summed E-state index contributed by atoms with van der Waals surface area (Å²) in [6.45, 7) is 2.11. The second-order valence-electron chi connectivity index (χ2n) is 6.05. The van der Waals surface area contributed by atoms with Crippen LogP contribution in [-0.4, -0.2) is 27.2 Å². The van der Waals surface area contributed by atoms with Gasteiger partial charge in [-0.25, -0.2) is 0 Å². The number of hydrogen-bond donors (Lipinski definition) is 1. The molecular weight excluding hydrogens is 342 g/mol. The molecule has 0 heterocycles. The van der Waals surface area contributed by atoms with E-state index in [2.05, 4.69) is 12.2 Å². The maximum absolute atomic E-state index is 12.4. The minimum atomic E-state index is -0.147. The van der Waals surface area contributed by atoms with Gasteiger partial charge in [-0.2, -0.15) is 0 Å². The van der Waals surface area contributed by atoms with Crippen LogP contribution in [0.25, 0.3) is 6.08 Å². The van der Waals surface area contributed by atoms with Crippen molar-refractivity contribution in [2.24, 2.45) is 0 Å². The van der Waals surface area contributed by atoms with Crippen molar-refractivity contribution in [2.45, 2.75) is 25.8 Å². The molecule has 2 aromatic rings. The topological polar surface area (TPSA) is 56.8 Å². The Morgan fingerprint density at radius 2 is 1.67 bits per heavy atom. The number of ether oxygens (including phenoxy) is 3. The Hall–Kier alpha value is -2.95. The van der Waals surface area contributed by atoms with E-state index in [1.54, 1.807) is 39.5 Å². The van der Waals surface area contributed by atoms with Gasteiger partial charge in [-0.1, -0.05) is 43.7 Å². The minimum Gasteiger partial charge on any atom is -0.493 e. The molecular formula is C22H27NO4. The number of hydrogen-bond acceptors (Lipinski definition) is 4. The average molecular weight is 369 g/mol. The van der Waals surface area contributed by atoms with E-state index in [9.17, 15) is 4.79 Å². The zero-order valence-corrected chi connectivity index (χ0v) is 16.3. The zero-order valence-electron chi connectivity index (χ0n) is 16.3. The van der Waals surface area contributed by atoms with Crippen LogP contribution in [0.15, 0.2) is 48.5 Å². The number of rotatable bonds is 9. The Labute approximate surface area is 161 Å². The Kier molecular flexibility index (Phi) is 7.74. The van der Waals surface area contributed by atoms with Crippen molar-refractivity contribution in [3.63, 3.8) is 0 Å². The predicted molar refractivity (Wildman–Crippen MR) is 107 cm³/mol. The highest BCUT2D eigenvalue weighted by molar-refractivity contribution is 5.92. The molecule has 0 fully saturated rings. The number of methoxy groups -OCH3 is 3. The molecule has 144 valence electrons. The number of nitrogens with one attached hydrogen (secondary N) is 1. The quantitative estimate of drug-likeness (QED) is 0.666. The standard InChI is InChI=1S/C22H27NO4/c1-5-9-18(17-10-7-6-8-11-17)23-21(24)13-12-16-14-19(25-2)22(27-4)20(15-16)26-3/h6-8,10-15,18H,5,9H2,1-4H3,(H,23,24)/b13-12+/t18-/m1/s1. The second-order valence-corrected chi connectivity index (χ2v) is 6.05. The van der Waals surface area contributed by atoms with Crippen LogP contribution in [0.5, 0.6) is 17.2 Å². The monoisotopic (exact) mass is 369 g/mol. The van der Waals surface area contributed by atoms with Crippen LogP contribution in [-0.2, 0) is 4.79 Å². The molecule has 1 amide bonds. The summed E-state index contributed by atoms with van der Waals surface area (Å²) in [6, 6.07) is 13.6. The summed E-state index contributed by atoms with van der Waals surface area (Å²) < 4.78 is 16.0. The first-order valence-electron chi connectivity index (χ1n) is 8.96. The summed E-state index contributed by atoms with van der Waals surface area (Å²) in [5.41, 5.74) is 1.89. The molecule has 0 aliphatic rings. The fraction of sp³-hybridized carbons (Fsp3) is 0.318. The van der Waals surface area contributed by atoms with Crippen LogP contribution < -0.4 is 19.5 Å². The van der Waals surface area contributed by atoms with Gasteiger partial charge in [-0.3, -0.25) is 4.79 Å². The van der Waals surface area contributed by atoms with Crippen LogP contribution in [0.4, 0.5) is 0 Å². The lowest BCUT2D eigenvalue weighted by molar-refractivity contribution is -0.117. The van der Waals surface area contributed by atoms with Crippen molar-refractivity contribution in [1.29, 1.82) is 0 Å². The molecule has 0 aromatic heterocycles. The van der Waals surface area contributed by atoms with Crippen LogP contribution >= 0.6 is 0 Å². The molecule has 2 aromatic carbocycles. The number of benzene rings is 2. The lowest BCUT2D eigenvalue weighted by Gasteiger charge is -2.17. The third-order valence-electron chi connectivity index (χ3n) is 4.21. The smallest absolute Gasteiger partial charge is 0.244 e. The van der Waals surface area contributed by atoms with E-state index < -0.39 is 0 Å². The van der Waals surface area contributed by atoms with Crippen molar-refractivity contribution in [3.8, 4) is 17.2 Å². The maximum Gasteiger partial charge on any atom is 0.244 e. The molecule has 1 atom stereocenters. The van der Waals surface area contributed by atoms with Crippen molar-refractivity contribution < 1.29 is 19.0 Å². The zero-order chi connectivity index (χ0) is 19.6. The second kappa shape index (κ2) is 10.3.